The van der Waals surface area contributed by atoms with Gasteiger partial charge in [-0.15, -0.1) is 0 Å². The van der Waals surface area contributed by atoms with E-state index in [1.165, 1.54) is 0 Å². The Morgan fingerprint density at radius 3 is 2.48 bits per heavy atom. The highest BCUT2D eigenvalue weighted by molar-refractivity contribution is 6.35. The molecule has 0 unspecified atom stereocenters. The molecule has 3 N–H and O–H groups in total. The van der Waals surface area contributed by atoms with Crippen LogP contribution in [-0.2, 0) is 11.3 Å². The van der Waals surface area contributed by atoms with Crippen LogP contribution >= 0.6 is 23.2 Å². The third kappa shape index (κ3) is 5.81. The van der Waals surface area contributed by atoms with Crippen molar-refractivity contribution in [1.82, 2.24) is 10.6 Å². The molecule has 0 aliphatic carbocycles. The van der Waals surface area contributed by atoms with Crippen molar-refractivity contribution in [2.45, 2.75) is 6.54 Å². The van der Waals surface area contributed by atoms with Crippen LogP contribution in [0.2, 0.25) is 10.0 Å². The van der Waals surface area contributed by atoms with Crippen molar-refractivity contribution in [3.8, 4) is 0 Å². The summed E-state index contributed by atoms with van der Waals surface area (Å²) in [7, 11) is 0. The van der Waals surface area contributed by atoms with E-state index in [1.807, 2.05) is 30.3 Å². The quantitative estimate of drug-likeness (QED) is 0.772. The summed E-state index contributed by atoms with van der Waals surface area (Å²) < 4.78 is 0. The predicted octanol–water partition coefficient (Wildman–Crippen LogP) is 3.43. The molecule has 0 fully saturated rings. The van der Waals surface area contributed by atoms with Gasteiger partial charge in [0.05, 0.1) is 17.3 Å². The van der Waals surface area contributed by atoms with Gasteiger partial charge in [0, 0.05) is 11.6 Å². The monoisotopic (exact) mass is 351 g/mol. The van der Waals surface area contributed by atoms with Crippen molar-refractivity contribution >= 4 is 40.8 Å². The second kappa shape index (κ2) is 8.41. The molecular weight excluding hydrogens is 337 g/mol. The van der Waals surface area contributed by atoms with Crippen molar-refractivity contribution in [3.63, 3.8) is 0 Å². The number of carbonyl (C=O) groups is 2. The summed E-state index contributed by atoms with van der Waals surface area (Å²) in [6.07, 6.45) is 0. The smallest absolute Gasteiger partial charge is 0.321 e. The maximum atomic E-state index is 11.7. The molecule has 0 radical (unpaired) electrons. The van der Waals surface area contributed by atoms with Crippen LogP contribution in [-0.4, -0.2) is 18.5 Å². The molecule has 2 aromatic carbocycles. The first kappa shape index (κ1) is 17.1. The molecule has 120 valence electrons. The molecule has 0 saturated heterocycles. The van der Waals surface area contributed by atoms with E-state index in [-0.39, 0.29) is 6.54 Å². The van der Waals surface area contributed by atoms with Gasteiger partial charge in [0.1, 0.15) is 0 Å². The Morgan fingerprint density at radius 2 is 1.74 bits per heavy atom. The standard InChI is InChI=1S/C16H15Cl2N3O2/c17-12-6-7-13(18)14(8-12)19-10-15(22)21-16(23)20-9-11-4-2-1-3-5-11/h1-8,19H,9-10H2,(H2,20,21,22,23). The van der Waals surface area contributed by atoms with E-state index in [4.69, 9.17) is 23.2 Å². The number of hydrogen-bond donors (Lipinski definition) is 3. The Labute approximate surface area is 144 Å². The van der Waals surface area contributed by atoms with Crippen molar-refractivity contribution < 1.29 is 9.59 Å². The lowest BCUT2D eigenvalue weighted by Crippen LogP contribution is -2.41. The molecule has 7 heteroatoms. The molecular formula is C16H15Cl2N3O2. The molecule has 2 rings (SSSR count). The van der Waals surface area contributed by atoms with Gasteiger partial charge in [0.2, 0.25) is 5.91 Å². The molecule has 23 heavy (non-hydrogen) atoms. The van der Waals surface area contributed by atoms with Gasteiger partial charge in [-0.1, -0.05) is 53.5 Å². The molecule has 0 aromatic heterocycles. The van der Waals surface area contributed by atoms with Crippen LogP contribution in [0.25, 0.3) is 0 Å². The molecule has 0 aliphatic rings. The highest BCUT2D eigenvalue weighted by Crippen LogP contribution is 2.24. The van der Waals surface area contributed by atoms with E-state index >= 15 is 0 Å². The Bertz CT molecular complexity index is 693. The van der Waals surface area contributed by atoms with Gasteiger partial charge in [-0.05, 0) is 23.8 Å². The van der Waals surface area contributed by atoms with E-state index in [0.717, 1.165) is 5.56 Å². The minimum atomic E-state index is -0.558. The zero-order valence-corrected chi connectivity index (χ0v) is 13.6. The van der Waals surface area contributed by atoms with Crippen LogP contribution in [0.5, 0.6) is 0 Å². The van der Waals surface area contributed by atoms with Gasteiger partial charge in [-0.2, -0.15) is 0 Å². The summed E-state index contributed by atoms with van der Waals surface area (Å²) in [5.41, 5.74) is 1.47. The highest BCUT2D eigenvalue weighted by Gasteiger charge is 2.08. The molecule has 0 heterocycles. The predicted molar refractivity (Wildman–Crippen MR) is 91.8 cm³/mol. The number of carbonyl (C=O) groups excluding carboxylic acids is 2. The van der Waals surface area contributed by atoms with Crippen molar-refractivity contribution in [2.75, 3.05) is 11.9 Å². The minimum absolute atomic E-state index is 0.0984. The number of rotatable bonds is 5. The third-order valence-corrected chi connectivity index (χ3v) is 3.48. The lowest BCUT2D eigenvalue weighted by molar-refractivity contribution is -0.118. The van der Waals surface area contributed by atoms with Gasteiger partial charge in [0.15, 0.2) is 0 Å². The summed E-state index contributed by atoms with van der Waals surface area (Å²) in [5.74, 6) is -0.480. The first-order valence-corrected chi connectivity index (χ1v) is 7.61. The molecule has 5 nitrogen and oxygen atoms in total. The van der Waals surface area contributed by atoms with Gasteiger partial charge in [-0.3, -0.25) is 10.1 Å². The van der Waals surface area contributed by atoms with Crippen molar-refractivity contribution in [2.24, 2.45) is 0 Å². The lowest BCUT2D eigenvalue weighted by Gasteiger charge is -2.10. The number of anilines is 1. The van der Waals surface area contributed by atoms with Crippen LogP contribution in [0.1, 0.15) is 5.56 Å². The summed E-state index contributed by atoms with van der Waals surface area (Å²) >= 11 is 11.8. The van der Waals surface area contributed by atoms with E-state index in [1.54, 1.807) is 18.2 Å². The number of imide groups is 1. The number of hydrogen-bond acceptors (Lipinski definition) is 3. The maximum absolute atomic E-state index is 11.7. The summed E-state index contributed by atoms with van der Waals surface area (Å²) in [4.78, 5) is 23.4. The second-order valence-electron chi connectivity index (χ2n) is 4.69. The molecule has 0 bridgehead atoms. The first-order valence-electron chi connectivity index (χ1n) is 6.85. The number of halogens is 2. The maximum Gasteiger partial charge on any atom is 0.321 e. The second-order valence-corrected chi connectivity index (χ2v) is 5.54. The molecule has 0 atom stereocenters. The molecule has 3 amide bonds. The first-order chi connectivity index (χ1) is 11.0. The third-order valence-electron chi connectivity index (χ3n) is 2.92. The fraction of sp³-hybridized carbons (Fsp3) is 0.125. The van der Waals surface area contributed by atoms with Crippen LogP contribution in [0.3, 0.4) is 0 Å². The Morgan fingerprint density at radius 1 is 1.00 bits per heavy atom. The molecule has 0 aliphatic heterocycles. The average Bonchev–Trinajstić information content (AvgIpc) is 2.55. The lowest BCUT2D eigenvalue weighted by atomic mass is 10.2. The number of benzene rings is 2. The number of amides is 3. The SMILES string of the molecule is O=C(CNc1cc(Cl)ccc1Cl)NC(=O)NCc1ccccc1. The van der Waals surface area contributed by atoms with Crippen molar-refractivity contribution in [3.05, 3.63) is 64.1 Å². The average molecular weight is 352 g/mol. The topological polar surface area (TPSA) is 70.2 Å². The minimum Gasteiger partial charge on any atom is -0.375 e. The van der Waals surface area contributed by atoms with Gasteiger partial charge < -0.3 is 10.6 Å². The van der Waals surface area contributed by atoms with Crippen molar-refractivity contribution in [1.29, 1.82) is 0 Å². The van der Waals surface area contributed by atoms with Crippen LogP contribution in [0, 0.1) is 0 Å². The normalized spacial score (nSPS) is 10.0. The van der Waals surface area contributed by atoms with Crippen LogP contribution in [0.15, 0.2) is 48.5 Å². The Balaban J connectivity index is 1.76. The van der Waals surface area contributed by atoms with E-state index < -0.39 is 11.9 Å². The molecule has 2 aromatic rings. The highest BCUT2D eigenvalue weighted by atomic mass is 35.5. The number of nitrogens with one attached hydrogen (secondary N) is 3. The largest absolute Gasteiger partial charge is 0.375 e. The van der Waals surface area contributed by atoms with Gasteiger partial charge >= 0.3 is 6.03 Å². The zero-order valence-electron chi connectivity index (χ0n) is 12.1. The van der Waals surface area contributed by atoms with E-state index in [2.05, 4.69) is 16.0 Å². The fourth-order valence-corrected chi connectivity index (χ4v) is 2.16. The van der Waals surface area contributed by atoms with E-state index in [9.17, 15) is 9.59 Å². The van der Waals surface area contributed by atoms with E-state index in [0.29, 0.717) is 22.3 Å². The summed E-state index contributed by atoms with van der Waals surface area (Å²) in [5, 5.41) is 8.59. The zero-order chi connectivity index (χ0) is 16.7. The number of urea groups is 1. The Hall–Kier alpha value is -2.24. The molecule has 0 spiro atoms. The summed E-state index contributed by atoms with van der Waals surface area (Å²) in [6, 6.07) is 13.7. The van der Waals surface area contributed by atoms with Crippen LogP contribution < -0.4 is 16.0 Å². The summed E-state index contributed by atoms with van der Waals surface area (Å²) in [6.45, 7) is 0.242. The van der Waals surface area contributed by atoms with Gasteiger partial charge in [0.25, 0.3) is 0 Å². The van der Waals surface area contributed by atoms with Gasteiger partial charge in [-0.25, -0.2) is 4.79 Å². The van der Waals surface area contributed by atoms with Crippen LogP contribution in [0.4, 0.5) is 10.5 Å². The molecule has 0 saturated carbocycles. The Kier molecular flexibility index (Phi) is 6.26. The fourth-order valence-electron chi connectivity index (χ4n) is 1.80.